The zero-order chi connectivity index (χ0) is 18.8. The molecule has 1 amide bonds. The molecule has 1 aliphatic rings. The van der Waals surface area contributed by atoms with E-state index in [2.05, 4.69) is 48.7 Å². The van der Waals surface area contributed by atoms with Crippen molar-refractivity contribution < 1.29 is 4.79 Å². The van der Waals surface area contributed by atoms with E-state index in [9.17, 15) is 4.79 Å². The molecule has 2 rings (SSSR count). The van der Waals surface area contributed by atoms with E-state index in [-0.39, 0.29) is 35.8 Å². The summed E-state index contributed by atoms with van der Waals surface area (Å²) in [6, 6.07) is 8.51. The highest BCUT2D eigenvalue weighted by Crippen LogP contribution is 2.27. The summed E-state index contributed by atoms with van der Waals surface area (Å²) in [6.07, 6.45) is 6.24. The summed E-state index contributed by atoms with van der Waals surface area (Å²) >= 11 is 0. The number of benzene rings is 1. The van der Waals surface area contributed by atoms with Crippen molar-refractivity contribution >= 4 is 35.8 Å². The van der Waals surface area contributed by atoms with Crippen LogP contribution in [0.3, 0.4) is 0 Å². The fourth-order valence-electron chi connectivity index (χ4n) is 3.31. The molecule has 0 heterocycles. The number of rotatable bonds is 8. The van der Waals surface area contributed by atoms with Crippen LogP contribution in [0.4, 0.5) is 0 Å². The third kappa shape index (κ3) is 8.95. The molecule has 1 fully saturated rings. The Morgan fingerprint density at radius 2 is 1.81 bits per heavy atom. The summed E-state index contributed by atoms with van der Waals surface area (Å²) in [5.74, 6) is 1.40. The van der Waals surface area contributed by atoms with Crippen molar-refractivity contribution in [2.45, 2.75) is 58.9 Å². The molecule has 0 aromatic heterocycles. The molecule has 5 nitrogen and oxygen atoms in total. The average Bonchev–Trinajstić information content (AvgIpc) is 2.65. The molecular formula is C21H35IN4O. The van der Waals surface area contributed by atoms with Gasteiger partial charge < -0.3 is 16.4 Å². The van der Waals surface area contributed by atoms with Gasteiger partial charge in [-0.2, -0.15) is 0 Å². The van der Waals surface area contributed by atoms with Gasteiger partial charge in [-0.3, -0.25) is 4.79 Å². The van der Waals surface area contributed by atoms with Gasteiger partial charge in [0, 0.05) is 19.0 Å². The monoisotopic (exact) mass is 486 g/mol. The third-order valence-corrected chi connectivity index (χ3v) is 5.17. The average molecular weight is 486 g/mol. The van der Waals surface area contributed by atoms with Gasteiger partial charge in [0.25, 0.3) is 0 Å². The van der Waals surface area contributed by atoms with Gasteiger partial charge in [-0.15, -0.1) is 24.0 Å². The maximum absolute atomic E-state index is 11.3. The number of guanidine groups is 1. The Hall–Kier alpha value is -1.31. The topological polar surface area (TPSA) is 79.5 Å². The molecule has 152 valence electrons. The first-order valence-electron chi connectivity index (χ1n) is 9.95. The SMILES string of the molecule is CCCCNC(=NCc1ccc(C)cc1)NCC1CCC(C(N)=O)CC1.I. The van der Waals surface area contributed by atoms with Crippen LogP contribution >= 0.6 is 24.0 Å². The minimum Gasteiger partial charge on any atom is -0.369 e. The molecule has 1 saturated carbocycles. The highest BCUT2D eigenvalue weighted by atomic mass is 127. The van der Waals surface area contributed by atoms with Gasteiger partial charge in [-0.1, -0.05) is 43.2 Å². The molecule has 4 N–H and O–H groups in total. The number of amides is 1. The Labute approximate surface area is 181 Å². The summed E-state index contributed by atoms with van der Waals surface area (Å²) < 4.78 is 0. The second kappa shape index (κ2) is 13.0. The predicted molar refractivity (Wildman–Crippen MR) is 123 cm³/mol. The normalized spacial score (nSPS) is 19.9. The van der Waals surface area contributed by atoms with Gasteiger partial charge in [0.05, 0.1) is 6.54 Å². The van der Waals surface area contributed by atoms with E-state index in [1.807, 2.05) is 0 Å². The van der Waals surface area contributed by atoms with Crippen molar-refractivity contribution in [3.63, 3.8) is 0 Å². The summed E-state index contributed by atoms with van der Waals surface area (Å²) in [5.41, 5.74) is 7.91. The molecule has 0 unspecified atom stereocenters. The number of hydrogen-bond donors (Lipinski definition) is 3. The van der Waals surface area contributed by atoms with E-state index in [1.54, 1.807) is 0 Å². The van der Waals surface area contributed by atoms with Gasteiger partial charge in [0.15, 0.2) is 5.96 Å². The molecule has 0 aliphatic heterocycles. The smallest absolute Gasteiger partial charge is 0.220 e. The van der Waals surface area contributed by atoms with E-state index in [4.69, 9.17) is 10.7 Å². The van der Waals surface area contributed by atoms with Gasteiger partial charge in [-0.05, 0) is 50.5 Å². The number of nitrogens with one attached hydrogen (secondary N) is 2. The van der Waals surface area contributed by atoms with Crippen molar-refractivity contribution in [1.29, 1.82) is 0 Å². The Balaban J connectivity index is 0.00000364. The number of aryl methyl sites for hydroxylation is 1. The number of carbonyl (C=O) groups excluding carboxylic acids is 1. The second-order valence-electron chi connectivity index (χ2n) is 7.43. The number of unbranched alkanes of at least 4 members (excludes halogenated alkanes) is 1. The first-order chi connectivity index (χ1) is 12.6. The molecule has 6 heteroatoms. The summed E-state index contributed by atoms with van der Waals surface area (Å²) in [7, 11) is 0. The van der Waals surface area contributed by atoms with Crippen molar-refractivity contribution in [1.82, 2.24) is 10.6 Å². The minimum absolute atomic E-state index is 0. The fourth-order valence-corrected chi connectivity index (χ4v) is 3.31. The largest absolute Gasteiger partial charge is 0.369 e. The number of primary amides is 1. The maximum atomic E-state index is 11.3. The number of nitrogens with two attached hydrogens (primary N) is 1. The molecule has 0 saturated heterocycles. The van der Waals surface area contributed by atoms with Gasteiger partial charge in [-0.25, -0.2) is 4.99 Å². The summed E-state index contributed by atoms with van der Waals surface area (Å²) in [5, 5.41) is 6.93. The molecule has 27 heavy (non-hydrogen) atoms. The molecule has 1 aromatic carbocycles. The molecular weight excluding hydrogens is 451 g/mol. The van der Waals surface area contributed by atoms with Crippen molar-refractivity contribution in [3.8, 4) is 0 Å². The molecule has 0 bridgehead atoms. The number of hydrogen-bond acceptors (Lipinski definition) is 2. The van der Waals surface area contributed by atoms with Gasteiger partial charge in [0.1, 0.15) is 0 Å². The van der Waals surface area contributed by atoms with E-state index in [0.717, 1.165) is 57.6 Å². The summed E-state index contributed by atoms with van der Waals surface area (Å²) in [4.78, 5) is 16.0. The van der Waals surface area contributed by atoms with Crippen LogP contribution in [0.25, 0.3) is 0 Å². The van der Waals surface area contributed by atoms with Gasteiger partial charge >= 0.3 is 0 Å². The van der Waals surface area contributed by atoms with Crippen LogP contribution in [0, 0.1) is 18.8 Å². The Kier molecular flexibility index (Phi) is 11.4. The van der Waals surface area contributed by atoms with Crippen LogP contribution in [0.15, 0.2) is 29.3 Å². The Morgan fingerprint density at radius 1 is 1.15 bits per heavy atom. The lowest BCUT2D eigenvalue weighted by Gasteiger charge is -2.27. The quantitative estimate of drug-likeness (QED) is 0.227. The van der Waals surface area contributed by atoms with Crippen LogP contribution in [0.5, 0.6) is 0 Å². The van der Waals surface area contributed by atoms with Crippen LogP contribution in [0.2, 0.25) is 0 Å². The van der Waals surface area contributed by atoms with E-state index < -0.39 is 0 Å². The van der Waals surface area contributed by atoms with Crippen LogP contribution in [-0.2, 0) is 11.3 Å². The zero-order valence-corrected chi connectivity index (χ0v) is 19.0. The predicted octanol–water partition coefficient (Wildman–Crippen LogP) is 3.74. The highest BCUT2D eigenvalue weighted by Gasteiger charge is 2.24. The molecule has 1 aliphatic carbocycles. The number of nitrogens with zero attached hydrogens (tertiary/aromatic N) is 1. The Bertz CT molecular complexity index is 580. The van der Waals surface area contributed by atoms with Crippen LogP contribution < -0.4 is 16.4 Å². The van der Waals surface area contributed by atoms with Crippen molar-refractivity contribution in [2.75, 3.05) is 13.1 Å². The minimum atomic E-state index is -0.141. The van der Waals surface area contributed by atoms with E-state index in [1.165, 1.54) is 11.1 Å². The van der Waals surface area contributed by atoms with Crippen molar-refractivity contribution in [2.24, 2.45) is 22.6 Å². The van der Waals surface area contributed by atoms with E-state index in [0.29, 0.717) is 12.5 Å². The zero-order valence-electron chi connectivity index (χ0n) is 16.7. The highest BCUT2D eigenvalue weighted by molar-refractivity contribution is 14.0. The first-order valence-corrected chi connectivity index (χ1v) is 9.95. The molecule has 0 radical (unpaired) electrons. The Morgan fingerprint density at radius 3 is 2.41 bits per heavy atom. The maximum Gasteiger partial charge on any atom is 0.220 e. The molecule has 1 aromatic rings. The van der Waals surface area contributed by atoms with Crippen LogP contribution in [-0.4, -0.2) is 25.0 Å². The third-order valence-electron chi connectivity index (χ3n) is 5.17. The number of carbonyl (C=O) groups is 1. The lowest BCUT2D eigenvalue weighted by Crippen LogP contribution is -2.41. The lowest BCUT2D eigenvalue weighted by molar-refractivity contribution is -0.122. The fraction of sp³-hybridized carbons (Fsp3) is 0.619. The molecule has 0 atom stereocenters. The first kappa shape index (κ1) is 23.7. The van der Waals surface area contributed by atoms with Crippen LogP contribution in [0.1, 0.15) is 56.6 Å². The lowest BCUT2D eigenvalue weighted by atomic mass is 9.82. The number of aliphatic imine (C=N–C) groups is 1. The van der Waals surface area contributed by atoms with E-state index >= 15 is 0 Å². The second-order valence-corrected chi connectivity index (χ2v) is 7.43. The molecule has 0 spiro atoms. The number of halogens is 1. The standard InChI is InChI=1S/C21H34N4O.HI/c1-3-4-13-23-21(24-14-17-7-5-16(2)6-8-17)25-15-18-9-11-19(12-10-18)20(22)26;/h5-8,18-19H,3-4,9-15H2,1-2H3,(H2,22,26)(H2,23,24,25);1H. The van der Waals surface area contributed by atoms with Gasteiger partial charge in [0.2, 0.25) is 5.91 Å². The van der Waals surface area contributed by atoms with Crippen molar-refractivity contribution in [3.05, 3.63) is 35.4 Å². The summed E-state index contributed by atoms with van der Waals surface area (Å²) in [6.45, 7) is 6.80.